The lowest BCUT2D eigenvalue weighted by Gasteiger charge is -2.23. The molecule has 1 amide bonds. The molecule has 31 heavy (non-hydrogen) atoms. The van der Waals surface area contributed by atoms with Crippen LogP contribution >= 0.6 is 0 Å². The van der Waals surface area contributed by atoms with Crippen LogP contribution in [0.1, 0.15) is 32.7 Å². The highest BCUT2D eigenvalue weighted by Crippen LogP contribution is 2.45. The summed E-state index contributed by atoms with van der Waals surface area (Å²) in [6.07, 6.45) is 0.832. The number of fused-ring (bicyclic) bond motifs is 3. The van der Waals surface area contributed by atoms with Crippen LogP contribution in [0.25, 0.3) is 22.4 Å². The molecule has 0 saturated carbocycles. The van der Waals surface area contributed by atoms with Gasteiger partial charge in [0, 0.05) is 30.4 Å². The summed E-state index contributed by atoms with van der Waals surface area (Å²) in [4.78, 5) is 13.2. The Morgan fingerprint density at radius 2 is 1.65 bits per heavy atom. The van der Waals surface area contributed by atoms with Gasteiger partial charge >= 0.3 is 0 Å². The lowest BCUT2D eigenvalue weighted by Crippen LogP contribution is -2.20. The maximum atomic E-state index is 13.2. The van der Waals surface area contributed by atoms with Gasteiger partial charge in [0.05, 0.1) is 25.5 Å². The Labute approximate surface area is 182 Å². The number of carbonyl (C=O) groups is 1. The molecule has 1 aromatic heterocycles. The first-order valence-corrected chi connectivity index (χ1v) is 10.3. The molecule has 1 aliphatic heterocycles. The summed E-state index contributed by atoms with van der Waals surface area (Å²) < 4.78 is 13.3. The largest absolute Gasteiger partial charge is 0.507 e. The first-order valence-electron chi connectivity index (χ1n) is 10.3. The first-order chi connectivity index (χ1) is 14.8. The van der Waals surface area contributed by atoms with E-state index in [1.54, 1.807) is 21.3 Å². The van der Waals surface area contributed by atoms with Gasteiger partial charge in [-0.1, -0.05) is 0 Å². The van der Waals surface area contributed by atoms with E-state index < -0.39 is 0 Å². The smallest absolute Gasteiger partial charge is 0.253 e. The van der Waals surface area contributed by atoms with Crippen molar-refractivity contribution in [3.8, 4) is 39.6 Å². The molecule has 6 heteroatoms. The maximum Gasteiger partial charge on any atom is 0.253 e. The second-order valence-electron chi connectivity index (χ2n) is 7.99. The highest BCUT2D eigenvalue weighted by molar-refractivity contribution is 6.08. The topological polar surface area (TPSA) is 72.7 Å². The van der Waals surface area contributed by atoms with Crippen LogP contribution in [-0.2, 0) is 13.0 Å². The van der Waals surface area contributed by atoms with Crippen molar-refractivity contribution in [3.63, 3.8) is 0 Å². The zero-order valence-corrected chi connectivity index (χ0v) is 18.8. The average Bonchev–Trinajstić information content (AvgIpc) is 3.08. The number of hydrogen-bond donors (Lipinski definition) is 2. The van der Waals surface area contributed by atoms with Crippen molar-refractivity contribution < 1.29 is 19.4 Å². The number of aryl methyl sites for hydroxylation is 3. The van der Waals surface area contributed by atoms with Gasteiger partial charge < -0.3 is 24.5 Å². The number of amides is 1. The molecule has 0 atom stereocenters. The number of nitrogens with zero attached hydrogens (tertiary/aromatic N) is 1. The molecule has 0 radical (unpaired) electrons. The molecule has 0 fully saturated rings. The minimum absolute atomic E-state index is 0.141. The molecular formula is C25H28N2O4. The lowest BCUT2D eigenvalue weighted by atomic mass is 9.92. The van der Waals surface area contributed by atoms with Crippen LogP contribution in [0.15, 0.2) is 24.3 Å². The van der Waals surface area contributed by atoms with E-state index >= 15 is 0 Å². The highest BCUT2D eigenvalue weighted by Gasteiger charge is 2.31. The van der Waals surface area contributed by atoms with Gasteiger partial charge in [-0.05, 0) is 73.7 Å². The Hall–Kier alpha value is -3.41. The van der Waals surface area contributed by atoms with E-state index in [1.807, 2.05) is 38.1 Å². The van der Waals surface area contributed by atoms with Crippen LogP contribution in [-0.4, -0.2) is 36.8 Å². The molecule has 1 aliphatic rings. The number of carbonyl (C=O) groups excluding carboxylic acids is 1. The van der Waals surface area contributed by atoms with Crippen molar-refractivity contribution >= 4 is 5.91 Å². The Bertz CT molecular complexity index is 1180. The summed E-state index contributed by atoms with van der Waals surface area (Å²) in [6, 6.07) is 7.85. The molecule has 4 rings (SSSR count). The van der Waals surface area contributed by atoms with E-state index in [4.69, 9.17) is 9.47 Å². The van der Waals surface area contributed by atoms with Gasteiger partial charge in [0.2, 0.25) is 0 Å². The summed E-state index contributed by atoms with van der Waals surface area (Å²) in [5.41, 5.74) is 8.03. The molecule has 0 saturated heterocycles. The lowest BCUT2D eigenvalue weighted by molar-refractivity contribution is 0.0964. The van der Waals surface area contributed by atoms with E-state index in [9.17, 15) is 9.90 Å². The third-order valence-corrected chi connectivity index (χ3v) is 6.23. The van der Waals surface area contributed by atoms with Crippen LogP contribution in [0.2, 0.25) is 0 Å². The van der Waals surface area contributed by atoms with E-state index in [0.717, 1.165) is 57.7 Å². The normalized spacial score (nSPS) is 12.2. The molecule has 6 nitrogen and oxygen atoms in total. The first kappa shape index (κ1) is 20.8. The van der Waals surface area contributed by atoms with Crippen LogP contribution in [0.4, 0.5) is 0 Å². The number of aromatic hydroxyl groups is 1. The number of hydrogen-bond acceptors (Lipinski definition) is 4. The Morgan fingerprint density at radius 1 is 1.03 bits per heavy atom. The number of aromatic nitrogens is 1. The zero-order valence-electron chi connectivity index (χ0n) is 18.8. The van der Waals surface area contributed by atoms with Crippen molar-refractivity contribution in [2.24, 2.45) is 0 Å². The van der Waals surface area contributed by atoms with Crippen molar-refractivity contribution in [2.75, 3.05) is 21.3 Å². The molecule has 2 N–H and O–H groups in total. The average molecular weight is 421 g/mol. The molecule has 0 unspecified atom stereocenters. The highest BCUT2D eigenvalue weighted by atomic mass is 16.5. The monoisotopic (exact) mass is 420 g/mol. The molecule has 0 bridgehead atoms. The molecule has 2 aromatic carbocycles. The van der Waals surface area contributed by atoms with Gasteiger partial charge in [-0.25, -0.2) is 0 Å². The molecule has 3 aromatic rings. The fourth-order valence-corrected chi connectivity index (χ4v) is 4.68. The second kappa shape index (κ2) is 7.69. The van der Waals surface area contributed by atoms with Gasteiger partial charge in [-0.3, -0.25) is 4.79 Å². The summed E-state index contributed by atoms with van der Waals surface area (Å²) >= 11 is 0. The molecular weight excluding hydrogens is 392 g/mol. The van der Waals surface area contributed by atoms with Gasteiger partial charge in [0.25, 0.3) is 5.91 Å². The quantitative estimate of drug-likeness (QED) is 0.657. The number of methoxy groups -OCH3 is 2. The number of rotatable bonds is 4. The van der Waals surface area contributed by atoms with Crippen molar-refractivity contribution in [1.29, 1.82) is 0 Å². The maximum absolute atomic E-state index is 13.2. The predicted octanol–water partition coefficient (Wildman–Crippen LogP) is 4.39. The van der Waals surface area contributed by atoms with Gasteiger partial charge in [0.15, 0.2) is 11.5 Å². The van der Waals surface area contributed by atoms with Crippen LogP contribution in [0.3, 0.4) is 0 Å². The fraction of sp³-hybridized carbons (Fsp3) is 0.320. The van der Waals surface area contributed by atoms with Crippen LogP contribution < -0.4 is 14.8 Å². The molecule has 0 aliphatic carbocycles. The van der Waals surface area contributed by atoms with E-state index in [0.29, 0.717) is 17.1 Å². The van der Waals surface area contributed by atoms with Crippen molar-refractivity contribution in [1.82, 2.24) is 9.88 Å². The van der Waals surface area contributed by atoms with Gasteiger partial charge in [0.1, 0.15) is 5.75 Å². The van der Waals surface area contributed by atoms with Gasteiger partial charge in [-0.2, -0.15) is 0 Å². The van der Waals surface area contributed by atoms with E-state index in [-0.39, 0.29) is 11.7 Å². The van der Waals surface area contributed by atoms with Crippen molar-refractivity contribution in [2.45, 2.75) is 33.7 Å². The number of benzene rings is 2. The molecule has 2 heterocycles. The summed E-state index contributed by atoms with van der Waals surface area (Å²) in [5.74, 6) is 1.46. The molecule has 162 valence electrons. The minimum Gasteiger partial charge on any atom is -0.507 e. The summed E-state index contributed by atoms with van der Waals surface area (Å²) in [5, 5.41) is 13.1. The second-order valence-corrected chi connectivity index (χ2v) is 7.99. The fourth-order valence-electron chi connectivity index (χ4n) is 4.68. The standard InChI is InChI=1S/C25H28N2O4/c1-13-9-17(10-14(2)24(13)28)21-15(3)27-8-7-16-11-19(30-5)20(31-6)12-18(16)23(27)22(21)25(29)26-4/h9-12,28H,7-8H2,1-6H3,(H,26,29). The third-order valence-electron chi connectivity index (χ3n) is 6.23. The van der Waals surface area contributed by atoms with Gasteiger partial charge in [-0.15, -0.1) is 0 Å². The minimum atomic E-state index is -0.141. The predicted molar refractivity (Wildman–Crippen MR) is 121 cm³/mol. The third kappa shape index (κ3) is 3.14. The Morgan fingerprint density at radius 3 is 2.23 bits per heavy atom. The summed E-state index contributed by atoms with van der Waals surface area (Å²) in [7, 11) is 4.89. The zero-order chi connectivity index (χ0) is 22.4. The van der Waals surface area contributed by atoms with Crippen LogP contribution in [0.5, 0.6) is 17.2 Å². The summed E-state index contributed by atoms with van der Waals surface area (Å²) in [6.45, 7) is 6.57. The van der Waals surface area contributed by atoms with E-state index in [2.05, 4.69) is 16.8 Å². The Balaban J connectivity index is 2.07. The number of ether oxygens (including phenoxy) is 2. The molecule has 0 spiro atoms. The van der Waals surface area contributed by atoms with Crippen molar-refractivity contribution in [3.05, 3.63) is 52.2 Å². The SMILES string of the molecule is CNC(=O)c1c(-c2cc(C)c(O)c(C)c2)c(C)n2c1-c1cc(OC)c(OC)cc1CC2. The Kier molecular flexibility index (Phi) is 5.17. The van der Waals surface area contributed by atoms with E-state index in [1.165, 1.54) is 0 Å². The number of nitrogens with one attached hydrogen (secondary N) is 1. The van der Waals surface area contributed by atoms with Crippen LogP contribution in [0, 0.1) is 20.8 Å². The number of phenols is 1. The number of phenolic OH excluding ortho intramolecular Hbond substituents is 1.